The van der Waals surface area contributed by atoms with E-state index < -0.39 is 5.82 Å². The first-order valence-corrected chi connectivity index (χ1v) is 6.94. The van der Waals surface area contributed by atoms with E-state index in [2.05, 4.69) is 10.5 Å². The number of benzene rings is 2. The third kappa shape index (κ3) is 5.18. The predicted octanol–water partition coefficient (Wildman–Crippen LogP) is 3.15. The fourth-order valence-electron chi connectivity index (χ4n) is 1.67. The Kier molecular flexibility index (Phi) is 5.91. The van der Waals surface area contributed by atoms with Gasteiger partial charge in [-0.2, -0.15) is 0 Å². The quantitative estimate of drug-likeness (QED) is 0.656. The molecule has 0 aliphatic carbocycles. The van der Waals surface area contributed by atoms with Gasteiger partial charge >= 0.3 is 0 Å². The van der Waals surface area contributed by atoms with Gasteiger partial charge in [0.2, 0.25) is 0 Å². The van der Waals surface area contributed by atoms with Crippen molar-refractivity contribution in [2.75, 3.05) is 6.61 Å². The lowest BCUT2D eigenvalue weighted by Crippen LogP contribution is -2.26. The van der Waals surface area contributed by atoms with Gasteiger partial charge in [0.15, 0.2) is 6.61 Å². The summed E-state index contributed by atoms with van der Waals surface area (Å²) in [6.07, 6.45) is 1.22. The van der Waals surface area contributed by atoms with Crippen LogP contribution in [0.25, 0.3) is 0 Å². The number of amides is 1. The highest BCUT2D eigenvalue weighted by molar-refractivity contribution is 6.30. The van der Waals surface area contributed by atoms with Crippen molar-refractivity contribution in [3.8, 4) is 0 Å². The minimum Gasteiger partial charge on any atom is -0.386 e. The molecular formula is C16H14ClFN2O2. The molecule has 1 amide bonds. The molecule has 0 unspecified atom stereocenters. The summed E-state index contributed by atoms with van der Waals surface area (Å²) >= 11 is 5.85. The van der Waals surface area contributed by atoms with Crippen LogP contribution in [-0.2, 0) is 16.2 Å². The Morgan fingerprint density at radius 1 is 1.27 bits per heavy atom. The molecule has 6 heteroatoms. The van der Waals surface area contributed by atoms with E-state index in [4.69, 9.17) is 16.4 Å². The number of nitrogens with zero attached hydrogens (tertiary/aromatic N) is 1. The molecule has 1 N–H and O–H groups in total. The Morgan fingerprint density at radius 3 is 2.86 bits per heavy atom. The SMILES string of the molecule is O=C(CO/N=C\c1ccccc1F)NCc1cccc(Cl)c1. The molecule has 0 aromatic heterocycles. The molecule has 0 saturated carbocycles. The normalized spacial score (nSPS) is 10.6. The fraction of sp³-hybridized carbons (Fsp3) is 0.125. The lowest BCUT2D eigenvalue weighted by atomic mass is 10.2. The monoisotopic (exact) mass is 320 g/mol. The molecule has 0 bridgehead atoms. The molecule has 2 rings (SSSR count). The predicted molar refractivity (Wildman–Crippen MR) is 83.2 cm³/mol. The zero-order valence-electron chi connectivity index (χ0n) is 11.6. The third-order valence-electron chi connectivity index (χ3n) is 2.75. The van der Waals surface area contributed by atoms with Crippen molar-refractivity contribution >= 4 is 23.7 Å². The Hall–Kier alpha value is -2.40. The molecule has 2 aromatic rings. The van der Waals surface area contributed by atoms with Gasteiger partial charge in [0.05, 0.1) is 6.21 Å². The van der Waals surface area contributed by atoms with Gasteiger partial charge in [-0.15, -0.1) is 0 Å². The van der Waals surface area contributed by atoms with E-state index in [0.717, 1.165) is 5.56 Å². The van der Waals surface area contributed by atoms with Crippen LogP contribution in [0, 0.1) is 5.82 Å². The van der Waals surface area contributed by atoms with Gasteiger partial charge in [-0.3, -0.25) is 4.79 Å². The number of rotatable bonds is 6. The van der Waals surface area contributed by atoms with Crippen molar-refractivity contribution in [3.05, 3.63) is 70.5 Å². The van der Waals surface area contributed by atoms with E-state index in [1.165, 1.54) is 12.3 Å². The summed E-state index contributed by atoms with van der Waals surface area (Å²) in [4.78, 5) is 16.4. The minimum atomic E-state index is -0.403. The molecule has 2 aromatic carbocycles. The molecule has 4 nitrogen and oxygen atoms in total. The molecule has 0 atom stereocenters. The highest BCUT2D eigenvalue weighted by Gasteiger charge is 2.02. The molecule has 0 aliphatic rings. The summed E-state index contributed by atoms with van der Waals surface area (Å²) in [6.45, 7) is 0.102. The maximum Gasteiger partial charge on any atom is 0.261 e. The second-order valence-corrected chi connectivity index (χ2v) is 4.87. The number of hydrogen-bond donors (Lipinski definition) is 1. The van der Waals surface area contributed by atoms with Crippen LogP contribution in [-0.4, -0.2) is 18.7 Å². The lowest BCUT2D eigenvalue weighted by molar-refractivity contribution is -0.125. The van der Waals surface area contributed by atoms with Crippen molar-refractivity contribution in [1.82, 2.24) is 5.32 Å². The molecule has 0 saturated heterocycles. The van der Waals surface area contributed by atoms with Gasteiger partial charge in [-0.05, 0) is 23.8 Å². The van der Waals surface area contributed by atoms with Crippen LogP contribution >= 0.6 is 11.6 Å². The Balaban J connectivity index is 1.73. The van der Waals surface area contributed by atoms with E-state index in [-0.39, 0.29) is 12.5 Å². The largest absolute Gasteiger partial charge is 0.386 e. The van der Waals surface area contributed by atoms with Crippen molar-refractivity contribution < 1.29 is 14.0 Å². The second-order valence-electron chi connectivity index (χ2n) is 4.44. The summed E-state index contributed by atoms with van der Waals surface area (Å²) in [7, 11) is 0. The number of oxime groups is 1. The van der Waals surface area contributed by atoms with Gasteiger partial charge in [0.1, 0.15) is 5.82 Å². The summed E-state index contributed by atoms with van der Waals surface area (Å²) in [5.74, 6) is -0.731. The molecule has 0 heterocycles. The van der Waals surface area contributed by atoms with Crippen LogP contribution in [0.2, 0.25) is 5.02 Å². The molecule has 0 spiro atoms. The van der Waals surface area contributed by atoms with Gasteiger partial charge in [0.25, 0.3) is 5.91 Å². The van der Waals surface area contributed by atoms with Crippen molar-refractivity contribution in [1.29, 1.82) is 0 Å². The Bertz CT molecular complexity index is 677. The Labute approximate surface area is 132 Å². The van der Waals surface area contributed by atoms with Gasteiger partial charge < -0.3 is 10.2 Å². The van der Waals surface area contributed by atoms with E-state index in [1.54, 1.807) is 36.4 Å². The Morgan fingerprint density at radius 2 is 2.09 bits per heavy atom. The van der Waals surface area contributed by atoms with Crippen molar-refractivity contribution in [3.63, 3.8) is 0 Å². The first-order valence-electron chi connectivity index (χ1n) is 6.56. The second kappa shape index (κ2) is 8.14. The van der Waals surface area contributed by atoms with Crippen LogP contribution < -0.4 is 5.32 Å². The summed E-state index contributed by atoms with van der Waals surface area (Å²) in [6, 6.07) is 13.3. The number of hydrogen-bond acceptors (Lipinski definition) is 3. The first-order chi connectivity index (χ1) is 10.6. The molecule has 22 heavy (non-hydrogen) atoms. The number of carbonyl (C=O) groups excluding carboxylic acids is 1. The number of carbonyl (C=O) groups is 1. The summed E-state index contributed by atoms with van der Waals surface area (Å²) < 4.78 is 13.3. The average molecular weight is 321 g/mol. The van der Waals surface area contributed by atoms with E-state index in [1.807, 2.05) is 6.07 Å². The zero-order chi connectivity index (χ0) is 15.8. The smallest absolute Gasteiger partial charge is 0.261 e. The van der Waals surface area contributed by atoms with E-state index in [0.29, 0.717) is 17.1 Å². The summed E-state index contributed by atoms with van der Waals surface area (Å²) in [5.41, 5.74) is 1.18. The lowest BCUT2D eigenvalue weighted by Gasteiger charge is -2.04. The zero-order valence-corrected chi connectivity index (χ0v) is 12.4. The molecule has 114 valence electrons. The van der Waals surface area contributed by atoms with Crippen LogP contribution in [0.4, 0.5) is 4.39 Å². The maximum absolute atomic E-state index is 13.3. The van der Waals surface area contributed by atoms with Crippen LogP contribution in [0.5, 0.6) is 0 Å². The van der Waals surface area contributed by atoms with Crippen molar-refractivity contribution in [2.24, 2.45) is 5.16 Å². The maximum atomic E-state index is 13.3. The van der Waals surface area contributed by atoms with Gasteiger partial charge in [-0.1, -0.05) is 47.1 Å². The molecular weight excluding hydrogens is 307 g/mol. The topological polar surface area (TPSA) is 50.7 Å². The van der Waals surface area contributed by atoms with Gasteiger partial charge in [0, 0.05) is 17.1 Å². The third-order valence-corrected chi connectivity index (χ3v) is 2.98. The summed E-state index contributed by atoms with van der Waals surface area (Å²) in [5, 5.41) is 6.84. The standard InChI is InChI=1S/C16H14ClFN2O2/c17-14-6-3-4-12(8-14)9-19-16(21)11-22-20-10-13-5-1-2-7-15(13)18/h1-8,10H,9,11H2,(H,19,21)/b20-10-. The van der Waals surface area contributed by atoms with E-state index >= 15 is 0 Å². The van der Waals surface area contributed by atoms with E-state index in [9.17, 15) is 9.18 Å². The number of nitrogens with one attached hydrogen (secondary N) is 1. The molecule has 0 radical (unpaired) electrons. The highest BCUT2D eigenvalue weighted by Crippen LogP contribution is 2.10. The van der Waals surface area contributed by atoms with Crippen LogP contribution in [0.1, 0.15) is 11.1 Å². The number of halogens is 2. The van der Waals surface area contributed by atoms with Gasteiger partial charge in [-0.25, -0.2) is 4.39 Å². The van der Waals surface area contributed by atoms with Crippen LogP contribution in [0.15, 0.2) is 53.7 Å². The van der Waals surface area contributed by atoms with Crippen molar-refractivity contribution in [2.45, 2.75) is 6.54 Å². The minimum absolute atomic E-state index is 0.245. The highest BCUT2D eigenvalue weighted by atomic mass is 35.5. The molecule has 0 aliphatic heterocycles. The molecule has 0 fully saturated rings. The fourth-order valence-corrected chi connectivity index (χ4v) is 1.88. The van der Waals surface area contributed by atoms with Crippen LogP contribution in [0.3, 0.4) is 0 Å². The first kappa shape index (κ1) is 16.0. The average Bonchev–Trinajstić information content (AvgIpc) is 2.51.